The number of ether oxygens (including phenoxy) is 2. The minimum Gasteiger partial charge on any atom is -0.466 e. The third-order valence-corrected chi connectivity index (χ3v) is 7.91. The normalized spacial score (nSPS) is 29.7. The molecule has 4 N–H and O–H groups in total. The standard InChI is InChI=1S/C28H32O13/c1-7-39-23(34)11-20-13(2)19-9-8-18(10-21(19)40-24(20)35)26(15(4)31)28(38,17(6)33)27(37,16(5)32)25(36,14(3)30)22(12-29)41-26/h8-10,22,29,36-38H,7,11-12H2,1-6H3/t22-,25+,26-,27+,28+/m1/s1. The van der Waals surface area contributed by atoms with Gasteiger partial charge in [0.15, 0.2) is 34.3 Å². The first-order valence-electron chi connectivity index (χ1n) is 12.7. The number of carbonyl (C=O) groups is 5. The topological polar surface area (TPSA) is 215 Å². The maximum absolute atomic E-state index is 13.4. The van der Waals surface area contributed by atoms with E-state index in [0.717, 1.165) is 19.9 Å². The predicted molar refractivity (Wildman–Crippen MR) is 139 cm³/mol. The summed E-state index contributed by atoms with van der Waals surface area (Å²) < 4.78 is 16.0. The molecule has 0 spiro atoms. The summed E-state index contributed by atoms with van der Waals surface area (Å²) in [6.07, 6.45) is -2.59. The van der Waals surface area contributed by atoms with E-state index in [0.29, 0.717) is 19.4 Å². The van der Waals surface area contributed by atoms with Gasteiger partial charge in [-0.1, -0.05) is 12.1 Å². The highest BCUT2D eigenvalue weighted by molar-refractivity contribution is 6.10. The first-order valence-corrected chi connectivity index (χ1v) is 12.7. The van der Waals surface area contributed by atoms with Gasteiger partial charge in [-0.2, -0.15) is 0 Å². The number of esters is 1. The van der Waals surface area contributed by atoms with Gasteiger partial charge in [0.25, 0.3) is 0 Å². The van der Waals surface area contributed by atoms with Crippen LogP contribution in [0.1, 0.15) is 51.3 Å². The SMILES string of the molecule is CCOC(=O)Cc1c(C)c2ccc([C@@]3(C(C)=O)O[C@H](CO)[C@@](O)(C(C)=O)[C@@](O)(C(C)=O)[C@]3(O)C(C)=O)cc2oc1=O. The maximum atomic E-state index is 13.4. The predicted octanol–water partition coefficient (Wildman–Crippen LogP) is -0.657. The van der Waals surface area contributed by atoms with Gasteiger partial charge in [-0.25, -0.2) is 4.79 Å². The minimum absolute atomic E-state index is 0.00281. The summed E-state index contributed by atoms with van der Waals surface area (Å²) in [6, 6.07) is 3.53. The van der Waals surface area contributed by atoms with E-state index in [-0.39, 0.29) is 23.1 Å². The molecule has 222 valence electrons. The van der Waals surface area contributed by atoms with Gasteiger partial charge in [0.05, 0.1) is 25.2 Å². The summed E-state index contributed by atoms with van der Waals surface area (Å²) in [4.78, 5) is 77.2. The fourth-order valence-corrected chi connectivity index (χ4v) is 5.82. The number of carbonyl (C=O) groups excluding carboxylic acids is 5. The van der Waals surface area contributed by atoms with E-state index in [1.165, 1.54) is 19.1 Å². The molecular formula is C28H32O13. The molecule has 0 bridgehead atoms. The number of fused-ring (bicyclic) bond motifs is 1. The first kappa shape index (κ1) is 31.9. The highest BCUT2D eigenvalue weighted by Crippen LogP contribution is 2.56. The van der Waals surface area contributed by atoms with Crippen LogP contribution in [-0.4, -0.2) is 85.6 Å². The first-order chi connectivity index (χ1) is 18.9. The lowest BCUT2D eigenvalue weighted by Crippen LogP contribution is -2.89. The zero-order chi connectivity index (χ0) is 31.3. The molecule has 1 saturated heterocycles. The molecule has 41 heavy (non-hydrogen) atoms. The molecule has 2 aromatic rings. The lowest BCUT2D eigenvalue weighted by molar-refractivity contribution is -0.347. The molecular weight excluding hydrogens is 544 g/mol. The molecule has 3 rings (SSSR count). The van der Waals surface area contributed by atoms with Gasteiger partial charge in [0, 0.05) is 5.39 Å². The fourth-order valence-electron chi connectivity index (χ4n) is 5.82. The lowest BCUT2D eigenvalue weighted by atomic mass is 9.53. The van der Waals surface area contributed by atoms with Gasteiger partial charge in [-0.3, -0.25) is 24.0 Å². The Bertz CT molecular complexity index is 1520. The van der Waals surface area contributed by atoms with E-state index in [1.54, 1.807) is 6.92 Å². The number of aryl methyl sites for hydroxylation is 1. The summed E-state index contributed by atoms with van der Waals surface area (Å²) in [5.74, 6) is -6.11. The summed E-state index contributed by atoms with van der Waals surface area (Å²) in [6.45, 7) is 4.96. The van der Waals surface area contributed by atoms with Gasteiger partial charge >= 0.3 is 11.6 Å². The average Bonchev–Trinajstić information content (AvgIpc) is 2.89. The zero-order valence-electron chi connectivity index (χ0n) is 23.4. The van der Waals surface area contributed by atoms with Gasteiger partial charge in [-0.05, 0) is 58.7 Å². The van der Waals surface area contributed by atoms with E-state index in [9.17, 15) is 49.2 Å². The quantitative estimate of drug-likeness (QED) is 0.216. The van der Waals surface area contributed by atoms with Crippen molar-refractivity contribution in [1.29, 1.82) is 0 Å². The van der Waals surface area contributed by atoms with E-state index in [4.69, 9.17) is 13.9 Å². The van der Waals surface area contributed by atoms with E-state index in [2.05, 4.69) is 0 Å². The molecule has 1 aliphatic rings. The zero-order valence-corrected chi connectivity index (χ0v) is 23.4. The van der Waals surface area contributed by atoms with Crippen LogP contribution in [0.5, 0.6) is 0 Å². The van der Waals surface area contributed by atoms with Crippen LogP contribution in [0, 0.1) is 6.92 Å². The van der Waals surface area contributed by atoms with Crippen LogP contribution in [0.15, 0.2) is 27.4 Å². The maximum Gasteiger partial charge on any atom is 0.340 e. The van der Waals surface area contributed by atoms with Crippen molar-refractivity contribution >= 4 is 40.1 Å². The molecule has 5 atom stereocenters. The van der Waals surface area contributed by atoms with Crippen molar-refractivity contribution in [3.63, 3.8) is 0 Å². The molecule has 0 aliphatic carbocycles. The van der Waals surface area contributed by atoms with Gasteiger partial charge < -0.3 is 34.3 Å². The second-order valence-corrected chi connectivity index (χ2v) is 10.1. The number of rotatable bonds is 9. The number of hydrogen-bond acceptors (Lipinski definition) is 13. The Morgan fingerprint density at radius 3 is 1.98 bits per heavy atom. The molecule has 0 saturated carbocycles. The molecule has 0 radical (unpaired) electrons. The van der Waals surface area contributed by atoms with Crippen molar-refractivity contribution in [1.82, 2.24) is 0 Å². The number of Topliss-reactive ketones (excluding diaryl/α,β-unsaturated/α-hetero) is 4. The van der Waals surface area contributed by atoms with Crippen molar-refractivity contribution in [3.05, 3.63) is 45.3 Å². The Kier molecular flexibility index (Phi) is 8.29. The van der Waals surface area contributed by atoms with Crippen LogP contribution >= 0.6 is 0 Å². The molecule has 1 fully saturated rings. The molecule has 1 aromatic carbocycles. The third kappa shape index (κ3) is 4.10. The minimum atomic E-state index is -3.70. The van der Waals surface area contributed by atoms with Crippen LogP contribution in [0.4, 0.5) is 0 Å². The molecule has 1 aliphatic heterocycles. The molecule has 0 amide bonds. The fraction of sp³-hybridized carbons (Fsp3) is 0.500. The third-order valence-electron chi connectivity index (χ3n) is 7.91. The monoisotopic (exact) mass is 576 g/mol. The molecule has 13 heteroatoms. The van der Waals surface area contributed by atoms with Crippen LogP contribution in [0.25, 0.3) is 11.0 Å². The highest BCUT2D eigenvalue weighted by Gasteiger charge is 2.83. The molecule has 2 heterocycles. The highest BCUT2D eigenvalue weighted by atomic mass is 16.6. The van der Waals surface area contributed by atoms with Gasteiger partial charge in [0.1, 0.15) is 11.7 Å². The number of aliphatic hydroxyl groups excluding tert-OH is 1. The van der Waals surface area contributed by atoms with Crippen molar-refractivity contribution in [2.75, 3.05) is 13.2 Å². The average molecular weight is 577 g/mol. The Labute approximate surface area is 233 Å². The Balaban J connectivity index is 2.46. The van der Waals surface area contributed by atoms with Crippen LogP contribution < -0.4 is 5.63 Å². The number of aliphatic hydroxyl groups is 4. The molecule has 1 aromatic heterocycles. The summed E-state index contributed by atoms with van der Waals surface area (Å²) in [5.41, 5.74) is -15.0. The largest absolute Gasteiger partial charge is 0.466 e. The van der Waals surface area contributed by atoms with Crippen LogP contribution in [-0.2, 0) is 45.5 Å². The molecule has 13 nitrogen and oxygen atoms in total. The van der Waals surface area contributed by atoms with Crippen LogP contribution in [0.3, 0.4) is 0 Å². The number of benzene rings is 1. The summed E-state index contributed by atoms with van der Waals surface area (Å²) in [5, 5.41) is 45.6. The Hall–Kier alpha value is -3.62. The van der Waals surface area contributed by atoms with E-state index < -0.39 is 81.8 Å². The van der Waals surface area contributed by atoms with Gasteiger partial charge in [-0.15, -0.1) is 0 Å². The lowest BCUT2D eigenvalue weighted by Gasteiger charge is -2.61. The van der Waals surface area contributed by atoms with Gasteiger partial charge in [0.2, 0.25) is 11.2 Å². The van der Waals surface area contributed by atoms with Crippen molar-refractivity contribution < 1.29 is 58.3 Å². The van der Waals surface area contributed by atoms with Crippen LogP contribution in [0.2, 0.25) is 0 Å². The number of hydrogen-bond donors (Lipinski definition) is 4. The molecule has 0 unspecified atom stereocenters. The second kappa shape index (κ2) is 10.7. The summed E-state index contributed by atoms with van der Waals surface area (Å²) in [7, 11) is 0. The Morgan fingerprint density at radius 1 is 0.927 bits per heavy atom. The van der Waals surface area contributed by atoms with E-state index >= 15 is 0 Å². The number of ketones is 4. The second-order valence-electron chi connectivity index (χ2n) is 10.1. The van der Waals surface area contributed by atoms with Crippen molar-refractivity contribution in [3.8, 4) is 0 Å². The smallest absolute Gasteiger partial charge is 0.340 e. The van der Waals surface area contributed by atoms with E-state index in [1.807, 2.05) is 0 Å². The van der Waals surface area contributed by atoms with Crippen molar-refractivity contribution in [2.45, 2.75) is 76.5 Å². The Morgan fingerprint density at radius 2 is 1.51 bits per heavy atom. The summed E-state index contributed by atoms with van der Waals surface area (Å²) >= 11 is 0. The van der Waals surface area contributed by atoms with Crippen molar-refractivity contribution in [2.24, 2.45) is 0 Å².